The third-order valence-electron chi connectivity index (χ3n) is 2.28. The first-order chi connectivity index (χ1) is 6.07. The highest BCUT2D eigenvalue weighted by molar-refractivity contribution is 5.88. The molecule has 72 valence electrons. The number of rotatable bonds is 3. The minimum absolute atomic E-state index is 0.257. The van der Waals surface area contributed by atoms with E-state index in [2.05, 4.69) is 5.10 Å². The fourth-order valence-corrected chi connectivity index (χ4v) is 1.25. The number of hydrogen-bond donors (Lipinski definition) is 1. The van der Waals surface area contributed by atoms with Crippen LogP contribution >= 0.6 is 0 Å². The van der Waals surface area contributed by atoms with Crippen molar-refractivity contribution < 1.29 is 9.90 Å². The van der Waals surface area contributed by atoms with Gasteiger partial charge < -0.3 is 5.11 Å². The molecule has 0 saturated carbocycles. The molecule has 1 aromatic rings. The van der Waals surface area contributed by atoms with Crippen LogP contribution in [-0.4, -0.2) is 20.9 Å². The summed E-state index contributed by atoms with van der Waals surface area (Å²) in [6, 6.07) is 0.257. The fraction of sp³-hybridized carbons (Fsp3) is 0.556. The molecule has 0 aliphatic carbocycles. The summed E-state index contributed by atoms with van der Waals surface area (Å²) < 4.78 is 1.75. The maximum Gasteiger partial charge on any atom is 0.339 e. The van der Waals surface area contributed by atoms with Gasteiger partial charge in [0.15, 0.2) is 0 Å². The number of carboxylic acid groups (broad SMARTS) is 1. The predicted molar refractivity (Wildman–Crippen MR) is 48.9 cm³/mol. The normalized spacial score (nSPS) is 12.8. The minimum atomic E-state index is -0.910. The van der Waals surface area contributed by atoms with Crippen molar-refractivity contribution >= 4 is 5.97 Å². The number of aromatic nitrogens is 2. The summed E-state index contributed by atoms with van der Waals surface area (Å²) in [6.45, 7) is 5.85. The zero-order chi connectivity index (χ0) is 10.0. The second-order valence-electron chi connectivity index (χ2n) is 3.15. The van der Waals surface area contributed by atoms with Gasteiger partial charge in [0, 0.05) is 6.04 Å². The van der Waals surface area contributed by atoms with Gasteiger partial charge >= 0.3 is 5.97 Å². The molecule has 0 radical (unpaired) electrons. The van der Waals surface area contributed by atoms with Crippen LogP contribution in [0.5, 0.6) is 0 Å². The van der Waals surface area contributed by atoms with E-state index in [0.717, 1.165) is 12.1 Å². The molecule has 0 saturated heterocycles. The van der Waals surface area contributed by atoms with Gasteiger partial charge in [0.1, 0.15) is 5.56 Å². The van der Waals surface area contributed by atoms with Gasteiger partial charge in [-0.2, -0.15) is 5.10 Å². The third-order valence-corrected chi connectivity index (χ3v) is 2.28. The number of aromatic carboxylic acids is 1. The smallest absolute Gasteiger partial charge is 0.339 e. The Morgan fingerprint density at radius 1 is 1.77 bits per heavy atom. The molecule has 1 atom stereocenters. The number of nitrogens with zero attached hydrogens (tertiary/aromatic N) is 2. The first-order valence-electron chi connectivity index (χ1n) is 4.35. The van der Waals surface area contributed by atoms with Crippen LogP contribution in [0, 0.1) is 6.92 Å². The van der Waals surface area contributed by atoms with Gasteiger partial charge in [0.2, 0.25) is 0 Å². The molecule has 0 unspecified atom stereocenters. The lowest BCUT2D eigenvalue weighted by atomic mass is 10.2. The summed E-state index contributed by atoms with van der Waals surface area (Å²) in [5.74, 6) is -0.910. The summed E-state index contributed by atoms with van der Waals surface area (Å²) in [5.41, 5.74) is 1.02. The first-order valence-corrected chi connectivity index (χ1v) is 4.35. The van der Waals surface area contributed by atoms with Gasteiger partial charge in [-0.25, -0.2) is 4.79 Å². The van der Waals surface area contributed by atoms with Crippen molar-refractivity contribution in [1.82, 2.24) is 9.78 Å². The summed E-state index contributed by atoms with van der Waals surface area (Å²) in [6.07, 6.45) is 2.35. The molecule has 1 rings (SSSR count). The summed E-state index contributed by atoms with van der Waals surface area (Å²) >= 11 is 0. The second-order valence-corrected chi connectivity index (χ2v) is 3.15. The van der Waals surface area contributed by atoms with Crippen LogP contribution in [0.4, 0.5) is 0 Å². The lowest BCUT2D eigenvalue weighted by molar-refractivity contribution is 0.0696. The monoisotopic (exact) mass is 182 g/mol. The quantitative estimate of drug-likeness (QED) is 0.776. The van der Waals surface area contributed by atoms with Crippen LogP contribution in [-0.2, 0) is 0 Å². The Labute approximate surface area is 77.2 Å². The molecule has 1 heterocycles. The molecule has 0 aliphatic rings. The lowest BCUT2D eigenvalue weighted by Gasteiger charge is -2.11. The lowest BCUT2D eigenvalue weighted by Crippen LogP contribution is -2.08. The van der Waals surface area contributed by atoms with Crippen molar-refractivity contribution in [1.29, 1.82) is 0 Å². The van der Waals surface area contributed by atoms with E-state index < -0.39 is 5.97 Å². The Balaban J connectivity index is 3.06. The molecule has 1 N–H and O–H groups in total. The molecule has 4 heteroatoms. The summed E-state index contributed by atoms with van der Waals surface area (Å²) in [5, 5.41) is 12.8. The maximum atomic E-state index is 10.7. The Morgan fingerprint density at radius 3 is 2.77 bits per heavy atom. The van der Waals surface area contributed by atoms with E-state index in [9.17, 15) is 4.79 Å². The van der Waals surface area contributed by atoms with Crippen molar-refractivity contribution in [2.75, 3.05) is 0 Å². The van der Waals surface area contributed by atoms with Crippen molar-refractivity contribution in [3.05, 3.63) is 17.5 Å². The van der Waals surface area contributed by atoms with Crippen molar-refractivity contribution in [2.45, 2.75) is 33.2 Å². The Hall–Kier alpha value is -1.32. The Bertz CT molecular complexity index is 317. The largest absolute Gasteiger partial charge is 0.478 e. The summed E-state index contributed by atoms with van der Waals surface area (Å²) in [4.78, 5) is 10.7. The molecule has 4 nitrogen and oxygen atoms in total. The van der Waals surface area contributed by atoms with E-state index in [1.807, 2.05) is 13.8 Å². The summed E-state index contributed by atoms with van der Waals surface area (Å²) in [7, 11) is 0. The molecule has 0 bridgehead atoms. The van der Waals surface area contributed by atoms with Gasteiger partial charge in [0.25, 0.3) is 0 Å². The molecule has 0 aliphatic heterocycles. The van der Waals surface area contributed by atoms with Crippen molar-refractivity contribution in [3.63, 3.8) is 0 Å². The highest BCUT2D eigenvalue weighted by Gasteiger charge is 2.14. The number of carboxylic acids is 1. The van der Waals surface area contributed by atoms with Crippen LogP contribution < -0.4 is 0 Å². The first kappa shape index (κ1) is 9.77. The SMILES string of the molecule is CC[C@@H](C)n1ncc(C(=O)O)c1C. The zero-order valence-corrected chi connectivity index (χ0v) is 8.11. The van der Waals surface area contributed by atoms with Gasteiger partial charge in [-0.3, -0.25) is 4.68 Å². The Morgan fingerprint density at radius 2 is 2.38 bits per heavy atom. The van der Waals surface area contributed by atoms with Crippen LogP contribution in [0.15, 0.2) is 6.20 Å². The van der Waals surface area contributed by atoms with E-state index in [0.29, 0.717) is 5.56 Å². The molecule has 1 aromatic heterocycles. The zero-order valence-electron chi connectivity index (χ0n) is 8.11. The fourth-order valence-electron chi connectivity index (χ4n) is 1.25. The maximum absolute atomic E-state index is 10.7. The molecule has 0 fully saturated rings. The van der Waals surface area contributed by atoms with E-state index in [1.54, 1.807) is 11.6 Å². The minimum Gasteiger partial charge on any atom is -0.478 e. The van der Waals surface area contributed by atoms with Crippen LogP contribution in [0.3, 0.4) is 0 Å². The van der Waals surface area contributed by atoms with E-state index in [-0.39, 0.29) is 6.04 Å². The molecular weight excluding hydrogens is 168 g/mol. The predicted octanol–water partition coefficient (Wildman–Crippen LogP) is 1.86. The van der Waals surface area contributed by atoms with Crippen LogP contribution in [0.2, 0.25) is 0 Å². The number of hydrogen-bond acceptors (Lipinski definition) is 2. The Kier molecular flexibility index (Phi) is 2.70. The van der Waals surface area contributed by atoms with Gasteiger partial charge in [-0.15, -0.1) is 0 Å². The van der Waals surface area contributed by atoms with Crippen molar-refractivity contribution in [2.24, 2.45) is 0 Å². The molecule has 0 spiro atoms. The molecule has 13 heavy (non-hydrogen) atoms. The molecule has 0 amide bonds. The van der Waals surface area contributed by atoms with Gasteiger partial charge in [0.05, 0.1) is 11.9 Å². The van der Waals surface area contributed by atoms with Gasteiger partial charge in [-0.05, 0) is 20.3 Å². The standard InChI is InChI=1S/C9H14N2O2/c1-4-6(2)11-7(3)8(5-10-11)9(12)13/h5-6H,4H2,1-3H3,(H,12,13)/t6-/m1/s1. The van der Waals surface area contributed by atoms with Crippen molar-refractivity contribution in [3.8, 4) is 0 Å². The van der Waals surface area contributed by atoms with Crippen LogP contribution in [0.25, 0.3) is 0 Å². The molecular formula is C9H14N2O2. The topological polar surface area (TPSA) is 55.1 Å². The van der Waals surface area contributed by atoms with E-state index >= 15 is 0 Å². The second kappa shape index (κ2) is 3.60. The van der Waals surface area contributed by atoms with E-state index in [4.69, 9.17) is 5.11 Å². The molecule has 0 aromatic carbocycles. The number of carbonyl (C=O) groups is 1. The van der Waals surface area contributed by atoms with Gasteiger partial charge in [-0.1, -0.05) is 6.92 Å². The highest BCUT2D eigenvalue weighted by atomic mass is 16.4. The highest BCUT2D eigenvalue weighted by Crippen LogP contribution is 2.15. The average Bonchev–Trinajstić information content (AvgIpc) is 2.46. The van der Waals surface area contributed by atoms with E-state index in [1.165, 1.54) is 6.20 Å². The average molecular weight is 182 g/mol. The third kappa shape index (κ3) is 1.71. The van der Waals surface area contributed by atoms with Crippen LogP contribution in [0.1, 0.15) is 42.4 Å².